The molecule has 3 rings (SSSR count). The molecule has 0 radical (unpaired) electrons. The maximum absolute atomic E-state index is 5.92. The molecule has 2 aromatic carbocycles. The number of morpholine rings is 1. The van der Waals surface area contributed by atoms with Crippen molar-refractivity contribution in [1.82, 2.24) is 4.90 Å². The van der Waals surface area contributed by atoms with Crippen molar-refractivity contribution in [3.05, 3.63) is 59.7 Å². The molecule has 1 fully saturated rings. The van der Waals surface area contributed by atoms with Gasteiger partial charge in [0.05, 0.1) is 26.5 Å². The molecular weight excluding hydrogens is 400 g/mol. The average Bonchev–Trinajstić information content (AvgIpc) is 2.80. The average molecular weight is 429 g/mol. The van der Waals surface area contributed by atoms with Crippen molar-refractivity contribution in [1.29, 1.82) is 0 Å². The zero-order valence-electron chi connectivity index (χ0n) is 17.2. The van der Waals surface area contributed by atoms with Crippen molar-refractivity contribution in [3.8, 4) is 11.5 Å². The summed E-state index contributed by atoms with van der Waals surface area (Å²) < 4.78 is 16.7. The lowest BCUT2D eigenvalue weighted by Gasteiger charge is -2.26. The molecule has 2 N–H and O–H groups in total. The Morgan fingerprint density at radius 3 is 2.73 bits per heavy atom. The van der Waals surface area contributed by atoms with Gasteiger partial charge in [0, 0.05) is 25.4 Å². The zero-order valence-corrected chi connectivity index (χ0v) is 18.0. The summed E-state index contributed by atoms with van der Waals surface area (Å²) in [6.45, 7) is 4.93. The number of ether oxygens (including phenoxy) is 3. The molecule has 0 amide bonds. The van der Waals surface area contributed by atoms with E-state index >= 15 is 0 Å². The zero-order chi connectivity index (χ0) is 21.0. The number of thioether (sulfide) groups is 1. The van der Waals surface area contributed by atoms with E-state index < -0.39 is 0 Å². The molecule has 1 heterocycles. The van der Waals surface area contributed by atoms with E-state index in [4.69, 9.17) is 19.9 Å². The summed E-state index contributed by atoms with van der Waals surface area (Å²) in [5.74, 6) is 2.14. The molecule has 8 heteroatoms. The van der Waals surface area contributed by atoms with Crippen LogP contribution >= 0.6 is 11.8 Å². The van der Waals surface area contributed by atoms with Gasteiger partial charge < -0.3 is 19.9 Å². The summed E-state index contributed by atoms with van der Waals surface area (Å²) in [6, 6.07) is 15.8. The molecule has 0 aliphatic carbocycles. The first-order chi connectivity index (χ1) is 14.7. The minimum absolute atomic E-state index is 0.421. The number of benzene rings is 2. The van der Waals surface area contributed by atoms with Gasteiger partial charge in [-0.3, -0.25) is 4.90 Å². The third-order valence-corrected chi connectivity index (χ3v) is 5.40. The Bertz CT molecular complexity index is 840. The van der Waals surface area contributed by atoms with Gasteiger partial charge in [-0.25, -0.2) is 0 Å². The van der Waals surface area contributed by atoms with Crippen molar-refractivity contribution in [3.63, 3.8) is 0 Å². The number of hydrogen-bond acceptors (Lipinski definition) is 7. The lowest BCUT2D eigenvalue weighted by molar-refractivity contribution is 0.0321. The lowest BCUT2D eigenvalue weighted by atomic mass is 10.2. The van der Waals surface area contributed by atoms with E-state index in [0.29, 0.717) is 23.3 Å². The number of nitrogens with zero attached hydrogens (tertiary/aromatic N) is 3. The van der Waals surface area contributed by atoms with E-state index in [-0.39, 0.29) is 0 Å². The summed E-state index contributed by atoms with van der Waals surface area (Å²) in [7, 11) is 1.63. The molecule has 0 bridgehead atoms. The van der Waals surface area contributed by atoms with Crippen molar-refractivity contribution in [2.75, 3.05) is 46.6 Å². The minimum atomic E-state index is 0.421. The Labute approximate surface area is 181 Å². The van der Waals surface area contributed by atoms with Crippen LogP contribution in [0.3, 0.4) is 0 Å². The Kier molecular flexibility index (Phi) is 9.02. The molecule has 1 aliphatic rings. The first-order valence-electron chi connectivity index (χ1n) is 9.89. The van der Waals surface area contributed by atoms with Crippen LogP contribution < -0.4 is 15.2 Å². The molecular formula is C22H28N4O3S. The molecule has 1 aliphatic heterocycles. The molecule has 1 saturated heterocycles. The summed E-state index contributed by atoms with van der Waals surface area (Å²) in [4.78, 5) is 2.33. The molecule has 0 atom stereocenters. The fourth-order valence-electron chi connectivity index (χ4n) is 2.91. The van der Waals surface area contributed by atoms with Crippen molar-refractivity contribution < 1.29 is 14.2 Å². The van der Waals surface area contributed by atoms with E-state index in [2.05, 4.69) is 27.2 Å². The summed E-state index contributed by atoms with van der Waals surface area (Å²) in [5, 5.41) is 8.56. The van der Waals surface area contributed by atoms with Crippen LogP contribution in [0.2, 0.25) is 0 Å². The SMILES string of the molecule is COc1cc(C=NN=C(N)SCc2ccccc2)ccc1OCCN1CCOCC1. The second-order valence-corrected chi connectivity index (χ2v) is 7.67. The number of hydrogen-bond donors (Lipinski definition) is 1. The number of amidine groups is 1. The molecule has 160 valence electrons. The molecule has 0 unspecified atom stereocenters. The van der Waals surface area contributed by atoms with Gasteiger partial charge in [-0.2, -0.15) is 5.10 Å². The van der Waals surface area contributed by atoms with E-state index in [1.54, 1.807) is 13.3 Å². The first-order valence-corrected chi connectivity index (χ1v) is 10.9. The molecule has 0 spiro atoms. The quantitative estimate of drug-likeness (QED) is 0.376. The smallest absolute Gasteiger partial charge is 0.180 e. The van der Waals surface area contributed by atoms with Gasteiger partial charge in [0.1, 0.15) is 6.61 Å². The summed E-state index contributed by atoms with van der Waals surface area (Å²) in [6.07, 6.45) is 1.65. The van der Waals surface area contributed by atoms with E-state index in [1.165, 1.54) is 17.3 Å². The van der Waals surface area contributed by atoms with Crippen molar-refractivity contribution in [2.45, 2.75) is 5.75 Å². The van der Waals surface area contributed by atoms with Crippen LogP contribution in [0.15, 0.2) is 58.7 Å². The Hall–Kier alpha value is -2.55. The van der Waals surface area contributed by atoms with E-state index in [0.717, 1.165) is 44.2 Å². The van der Waals surface area contributed by atoms with Crippen LogP contribution in [0.1, 0.15) is 11.1 Å². The lowest BCUT2D eigenvalue weighted by Crippen LogP contribution is -2.38. The van der Waals surface area contributed by atoms with Gasteiger partial charge in [-0.15, -0.1) is 5.10 Å². The van der Waals surface area contributed by atoms with Crippen molar-refractivity contribution >= 4 is 23.1 Å². The Morgan fingerprint density at radius 2 is 1.97 bits per heavy atom. The maximum atomic E-state index is 5.92. The van der Waals surface area contributed by atoms with E-state index in [9.17, 15) is 0 Å². The number of methoxy groups -OCH3 is 1. The highest BCUT2D eigenvalue weighted by Crippen LogP contribution is 2.27. The molecule has 0 saturated carbocycles. The van der Waals surface area contributed by atoms with Gasteiger partial charge in [0.25, 0.3) is 0 Å². The van der Waals surface area contributed by atoms with Crippen LogP contribution in [0.4, 0.5) is 0 Å². The van der Waals surface area contributed by atoms with E-state index in [1.807, 2.05) is 36.4 Å². The monoisotopic (exact) mass is 428 g/mol. The number of rotatable bonds is 9. The molecule has 7 nitrogen and oxygen atoms in total. The van der Waals surface area contributed by atoms with Gasteiger partial charge in [-0.05, 0) is 29.3 Å². The third-order valence-electron chi connectivity index (χ3n) is 4.55. The predicted molar refractivity (Wildman–Crippen MR) is 123 cm³/mol. The van der Waals surface area contributed by atoms with Crippen LogP contribution in [-0.2, 0) is 10.5 Å². The van der Waals surface area contributed by atoms with Crippen molar-refractivity contribution in [2.24, 2.45) is 15.9 Å². The highest BCUT2D eigenvalue weighted by molar-refractivity contribution is 8.13. The van der Waals surface area contributed by atoms with Crippen LogP contribution in [0.25, 0.3) is 0 Å². The van der Waals surface area contributed by atoms with Gasteiger partial charge in [0.15, 0.2) is 16.7 Å². The second kappa shape index (κ2) is 12.2. The van der Waals surface area contributed by atoms with Gasteiger partial charge in [-0.1, -0.05) is 42.1 Å². The Morgan fingerprint density at radius 1 is 1.17 bits per heavy atom. The number of nitrogens with two attached hydrogens (primary N) is 1. The Balaban J connectivity index is 1.49. The minimum Gasteiger partial charge on any atom is -0.493 e. The fourth-order valence-corrected chi connectivity index (χ4v) is 3.52. The molecule has 2 aromatic rings. The fraction of sp³-hybridized carbons (Fsp3) is 0.364. The molecule has 0 aromatic heterocycles. The van der Waals surface area contributed by atoms with Gasteiger partial charge in [0.2, 0.25) is 0 Å². The second-order valence-electron chi connectivity index (χ2n) is 6.67. The first kappa shape index (κ1) is 22.1. The maximum Gasteiger partial charge on any atom is 0.180 e. The summed E-state index contributed by atoms with van der Waals surface area (Å²) in [5.41, 5.74) is 7.98. The normalized spacial score (nSPS) is 15.4. The highest BCUT2D eigenvalue weighted by atomic mass is 32.2. The third kappa shape index (κ3) is 7.37. The predicted octanol–water partition coefficient (Wildman–Crippen LogP) is 2.99. The van der Waals surface area contributed by atoms with Crippen LogP contribution in [0, 0.1) is 0 Å². The van der Waals surface area contributed by atoms with Crippen LogP contribution in [-0.4, -0.2) is 62.8 Å². The highest BCUT2D eigenvalue weighted by Gasteiger charge is 2.11. The standard InChI is InChI=1S/C22H28N4O3S/c1-27-21-15-19(7-8-20(21)29-14-11-26-9-12-28-13-10-26)16-24-25-22(23)30-17-18-5-3-2-4-6-18/h2-8,15-16H,9-14,17H2,1H3,(H2,23,25). The van der Waals surface area contributed by atoms with Crippen LogP contribution in [0.5, 0.6) is 11.5 Å². The summed E-state index contributed by atoms with van der Waals surface area (Å²) >= 11 is 1.45. The largest absolute Gasteiger partial charge is 0.493 e. The van der Waals surface area contributed by atoms with Gasteiger partial charge >= 0.3 is 0 Å². The molecule has 30 heavy (non-hydrogen) atoms. The topological polar surface area (TPSA) is 81.7 Å².